The summed E-state index contributed by atoms with van der Waals surface area (Å²) in [6.45, 7) is 1.81. The largest absolute Gasteiger partial charge is 0.324 e. The summed E-state index contributed by atoms with van der Waals surface area (Å²) in [6.07, 6.45) is 0.884. The summed E-state index contributed by atoms with van der Waals surface area (Å²) in [4.78, 5) is 15.9. The fourth-order valence-electron chi connectivity index (χ4n) is 3.19. The van der Waals surface area contributed by atoms with Gasteiger partial charge in [-0.25, -0.2) is 0 Å². The first-order chi connectivity index (χ1) is 14.7. The lowest BCUT2D eigenvalue weighted by molar-refractivity contribution is -0.117. The van der Waals surface area contributed by atoms with Gasteiger partial charge in [0.2, 0.25) is 5.91 Å². The van der Waals surface area contributed by atoms with Gasteiger partial charge in [0.1, 0.15) is 0 Å². The van der Waals surface area contributed by atoms with E-state index < -0.39 is 0 Å². The Morgan fingerprint density at radius 3 is 2.23 bits per heavy atom. The third-order valence-corrected chi connectivity index (χ3v) is 5.57. The van der Waals surface area contributed by atoms with Crippen molar-refractivity contribution in [2.24, 2.45) is 0 Å². The molecule has 0 saturated heterocycles. The normalized spacial score (nSPS) is 10.5. The molecule has 3 rings (SSSR count). The Morgan fingerprint density at radius 1 is 0.900 bits per heavy atom. The van der Waals surface area contributed by atoms with Gasteiger partial charge in [-0.15, -0.1) is 11.8 Å². The van der Waals surface area contributed by atoms with E-state index >= 15 is 0 Å². The van der Waals surface area contributed by atoms with Crippen LogP contribution >= 0.6 is 11.8 Å². The summed E-state index contributed by atoms with van der Waals surface area (Å²) >= 11 is 1.43. The quantitative estimate of drug-likeness (QED) is 0.474. The molecule has 4 nitrogen and oxygen atoms in total. The van der Waals surface area contributed by atoms with Crippen molar-refractivity contribution in [2.45, 2.75) is 17.9 Å². The number of carbonyl (C=O) groups is 1. The standard InChI is InChI=1S/C25H25N3OS/c26-16-18-30-24-14-8-7-13-23(24)27-25(29)20-28(19-22-11-5-2-6-12-22)17-15-21-9-3-1-4-10-21/h1-14H,15,17-20H2,(H,27,29). The van der Waals surface area contributed by atoms with Crippen LogP contribution in [0.4, 0.5) is 5.69 Å². The second-order valence-corrected chi connectivity index (χ2v) is 7.94. The summed E-state index contributed by atoms with van der Waals surface area (Å²) in [5.74, 6) is 0.299. The molecule has 0 aromatic heterocycles. The number of anilines is 1. The van der Waals surface area contributed by atoms with Gasteiger partial charge in [-0.3, -0.25) is 9.69 Å². The average molecular weight is 416 g/mol. The van der Waals surface area contributed by atoms with E-state index in [2.05, 4.69) is 40.6 Å². The Bertz CT molecular complexity index is 970. The van der Waals surface area contributed by atoms with Crippen molar-refractivity contribution in [3.8, 4) is 6.07 Å². The number of carbonyl (C=O) groups excluding carboxylic acids is 1. The van der Waals surface area contributed by atoms with Gasteiger partial charge in [-0.05, 0) is 29.7 Å². The molecule has 0 aliphatic heterocycles. The van der Waals surface area contributed by atoms with Crippen LogP contribution in [0.2, 0.25) is 0 Å². The zero-order chi connectivity index (χ0) is 21.0. The number of thioether (sulfide) groups is 1. The number of rotatable bonds is 10. The van der Waals surface area contributed by atoms with E-state index in [1.165, 1.54) is 22.9 Å². The number of amides is 1. The van der Waals surface area contributed by atoms with E-state index in [1.54, 1.807) is 0 Å². The van der Waals surface area contributed by atoms with Crippen molar-refractivity contribution >= 4 is 23.4 Å². The molecule has 0 atom stereocenters. The van der Waals surface area contributed by atoms with E-state index in [9.17, 15) is 4.79 Å². The molecule has 0 heterocycles. The number of para-hydroxylation sites is 1. The molecule has 5 heteroatoms. The highest BCUT2D eigenvalue weighted by molar-refractivity contribution is 7.99. The number of nitrogens with zero attached hydrogens (tertiary/aromatic N) is 2. The van der Waals surface area contributed by atoms with Crippen LogP contribution in [0.25, 0.3) is 0 Å². The number of benzene rings is 3. The Balaban J connectivity index is 1.65. The van der Waals surface area contributed by atoms with Crippen LogP contribution in [0.3, 0.4) is 0 Å². The van der Waals surface area contributed by atoms with Gasteiger partial charge in [0.15, 0.2) is 0 Å². The lowest BCUT2D eigenvalue weighted by atomic mass is 10.1. The van der Waals surface area contributed by atoms with Gasteiger partial charge in [0.25, 0.3) is 0 Å². The molecule has 1 amide bonds. The van der Waals surface area contributed by atoms with Crippen molar-refractivity contribution < 1.29 is 4.79 Å². The van der Waals surface area contributed by atoms with E-state index in [0.29, 0.717) is 18.8 Å². The fraction of sp³-hybridized carbons (Fsp3) is 0.200. The smallest absolute Gasteiger partial charge is 0.238 e. The molecular formula is C25H25N3OS. The predicted octanol–water partition coefficient (Wildman–Crippen LogP) is 4.99. The summed E-state index contributed by atoms with van der Waals surface area (Å²) < 4.78 is 0. The zero-order valence-corrected chi connectivity index (χ0v) is 17.6. The average Bonchev–Trinajstić information content (AvgIpc) is 2.78. The maximum absolute atomic E-state index is 12.8. The van der Waals surface area contributed by atoms with Crippen LogP contribution in [0.15, 0.2) is 89.8 Å². The van der Waals surface area contributed by atoms with E-state index in [-0.39, 0.29) is 5.91 Å². The first-order valence-corrected chi connectivity index (χ1v) is 10.9. The highest BCUT2D eigenvalue weighted by atomic mass is 32.2. The molecule has 0 spiro atoms. The molecule has 1 N–H and O–H groups in total. The van der Waals surface area contributed by atoms with Gasteiger partial charge in [-0.2, -0.15) is 5.26 Å². The van der Waals surface area contributed by atoms with Gasteiger partial charge < -0.3 is 5.32 Å². The van der Waals surface area contributed by atoms with Crippen molar-refractivity contribution in [3.63, 3.8) is 0 Å². The van der Waals surface area contributed by atoms with Crippen LogP contribution in [-0.2, 0) is 17.8 Å². The molecule has 3 aromatic rings. The number of nitrogens with one attached hydrogen (secondary N) is 1. The molecule has 0 saturated carbocycles. The molecule has 152 valence electrons. The molecule has 3 aromatic carbocycles. The van der Waals surface area contributed by atoms with E-state index in [0.717, 1.165) is 23.5 Å². The number of nitriles is 1. The molecule has 30 heavy (non-hydrogen) atoms. The van der Waals surface area contributed by atoms with Crippen LogP contribution in [0.5, 0.6) is 0 Å². The molecule has 0 aliphatic rings. The highest BCUT2D eigenvalue weighted by Gasteiger charge is 2.13. The van der Waals surface area contributed by atoms with Crippen LogP contribution in [-0.4, -0.2) is 29.6 Å². The Hall–Kier alpha value is -3.07. The first-order valence-electron chi connectivity index (χ1n) is 9.93. The lowest BCUT2D eigenvalue weighted by Gasteiger charge is -2.22. The first kappa shape index (κ1) is 21.6. The van der Waals surface area contributed by atoms with Crippen molar-refractivity contribution in [2.75, 3.05) is 24.2 Å². The van der Waals surface area contributed by atoms with Crippen LogP contribution in [0.1, 0.15) is 11.1 Å². The molecule has 0 radical (unpaired) electrons. The monoisotopic (exact) mass is 415 g/mol. The molecule has 0 fully saturated rings. The van der Waals surface area contributed by atoms with Crippen molar-refractivity contribution in [3.05, 3.63) is 96.1 Å². The van der Waals surface area contributed by atoms with Gasteiger partial charge >= 0.3 is 0 Å². The Morgan fingerprint density at radius 2 is 1.53 bits per heavy atom. The number of hydrogen-bond acceptors (Lipinski definition) is 4. The van der Waals surface area contributed by atoms with Crippen molar-refractivity contribution in [1.29, 1.82) is 5.26 Å². The minimum absolute atomic E-state index is 0.0519. The highest BCUT2D eigenvalue weighted by Crippen LogP contribution is 2.26. The summed E-state index contributed by atoms with van der Waals surface area (Å²) in [5, 5.41) is 11.9. The second-order valence-electron chi connectivity index (χ2n) is 6.92. The van der Waals surface area contributed by atoms with Gasteiger partial charge in [0, 0.05) is 18.0 Å². The molecular weight excluding hydrogens is 390 g/mol. The zero-order valence-electron chi connectivity index (χ0n) is 16.8. The molecule has 0 unspecified atom stereocenters. The fourth-order valence-corrected chi connectivity index (χ4v) is 3.86. The Labute approximate surface area is 182 Å². The third-order valence-electron chi connectivity index (χ3n) is 4.63. The number of hydrogen-bond donors (Lipinski definition) is 1. The predicted molar refractivity (Wildman–Crippen MR) is 123 cm³/mol. The minimum Gasteiger partial charge on any atom is -0.324 e. The second kappa shape index (κ2) is 11.8. The lowest BCUT2D eigenvalue weighted by Crippen LogP contribution is -2.34. The minimum atomic E-state index is -0.0519. The van der Waals surface area contributed by atoms with Gasteiger partial charge in [-0.1, -0.05) is 72.8 Å². The topological polar surface area (TPSA) is 56.1 Å². The van der Waals surface area contributed by atoms with E-state index in [4.69, 9.17) is 5.26 Å². The summed E-state index contributed by atoms with van der Waals surface area (Å²) in [6, 6.07) is 30.3. The van der Waals surface area contributed by atoms with E-state index in [1.807, 2.05) is 60.7 Å². The molecule has 0 bridgehead atoms. The third kappa shape index (κ3) is 7.07. The maximum Gasteiger partial charge on any atom is 0.238 e. The Kier molecular flexibility index (Phi) is 8.52. The van der Waals surface area contributed by atoms with Crippen LogP contribution < -0.4 is 5.32 Å². The van der Waals surface area contributed by atoms with Crippen molar-refractivity contribution in [1.82, 2.24) is 4.90 Å². The maximum atomic E-state index is 12.8. The molecule has 0 aliphatic carbocycles. The summed E-state index contributed by atoms with van der Waals surface area (Å²) in [7, 11) is 0. The van der Waals surface area contributed by atoms with Crippen LogP contribution in [0, 0.1) is 11.3 Å². The SMILES string of the molecule is N#CCSc1ccccc1NC(=O)CN(CCc1ccccc1)Cc1ccccc1. The summed E-state index contributed by atoms with van der Waals surface area (Å²) in [5.41, 5.74) is 3.20. The van der Waals surface area contributed by atoms with Gasteiger partial charge in [0.05, 0.1) is 24.1 Å².